The molecule has 0 N–H and O–H groups in total. The molecule has 1 aromatic carbocycles. The highest BCUT2D eigenvalue weighted by molar-refractivity contribution is 6.35. The van der Waals surface area contributed by atoms with E-state index in [1.54, 1.807) is 0 Å². The van der Waals surface area contributed by atoms with Gasteiger partial charge >= 0.3 is 12.4 Å². The number of nitrogens with zero attached hydrogens (tertiary/aromatic N) is 2. The van der Waals surface area contributed by atoms with Crippen LogP contribution in [0.4, 0.5) is 26.3 Å². The van der Waals surface area contributed by atoms with Gasteiger partial charge < -0.3 is 4.57 Å². The molecule has 0 radical (unpaired) electrons. The topological polar surface area (TPSA) is 17.8 Å². The molecule has 2 nitrogen and oxygen atoms in total. The van der Waals surface area contributed by atoms with Crippen LogP contribution in [0.15, 0.2) is 12.1 Å². The smallest absolute Gasteiger partial charge is 0.311 e. The summed E-state index contributed by atoms with van der Waals surface area (Å²) in [5, 5.41) is -0.0890. The number of aromatic nitrogens is 2. The van der Waals surface area contributed by atoms with Gasteiger partial charge in [-0.05, 0) is 18.6 Å². The van der Waals surface area contributed by atoms with Crippen molar-refractivity contribution in [2.45, 2.75) is 25.8 Å². The molecular weight excluding hydrogens is 310 g/mol. The predicted octanol–water partition coefficient (Wildman–Crippen LogP) is 4.58. The van der Waals surface area contributed by atoms with E-state index in [9.17, 15) is 26.3 Å². The lowest BCUT2D eigenvalue weighted by Gasteiger charge is -2.13. The number of hydrogen-bond donors (Lipinski definition) is 0. The maximum atomic E-state index is 12.8. The number of halogens is 7. The van der Waals surface area contributed by atoms with Crippen molar-refractivity contribution in [3.05, 3.63) is 28.5 Å². The third kappa shape index (κ3) is 2.70. The molecule has 0 spiro atoms. The molecule has 0 amide bonds. The fraction of sp³-hybridized carbons (Fsp3) is 0.364. The first-order chi connectivity index (χ1) is 9.00. The van der Waals surface area contributed by atoms with E-state index in [-0.39, 0.29) is 20.6 Å². The average Bonchev–Trinajstić information content (AvgIpc) is 2.60. The Hall–Kier alpha value is -1.44. The Kier molecular flexibility index (Phi) is 3.40. The van der Waals surface area contributed by atoms with E-state index in [1.165, 1.54) is 13.0 Å². The van der Waals surface area contributed by atoms with E-state index < -0.39 is 24.7 Å². The monoisotopic (exact) mass is 316 g/mol. The van der Waals surface area contributed by atoms with Crippen LogP contribution in [0.2, 0.25) is 5.02 Å². The molecule has 0 atom stereocenters. The van der Waals surface area contributed by atoms with Crippen LogP contribution in [0.5, 0.6) is 0 Å². The van der Waals surface area contributed by atoms with Crippen LogP contribution in [0, 0.1) is 6.92 Å². The van der Waals surface area contributed by atoms with Crippen molar-refractivity contribution in [3.63, 3.8) is 0 Å². The fourth-order valence-electron chi connectivity index (χ4n) is 1.82. The molecule has 0 fully saturated rings. The lowest BCUT2D eigenvalue weighted by atomic mass is 10.2. The summed E-state index contributed by atoms with van der Waals surface area (Å²) in [5.74, 6) is -1.61. The van der Waals surface area contributed by atoms with Gasteiger partial charge in [0, 0.05) is 0 Å². The van der Waals surface area contributed by atoms with Crippen LogP contribution in [-0.4, -0.2) is 15.7 Å². The van der Waals surface area contributed by atoms with Gasteiger partial charge in [-0.3, -0.25) is 0 Å². The Morgan fingerprint density at radius 1 is 1.15 bits per heavy atom. The second kappa shape index (κ2) is 4.54. The zero-order chi connectivity index (χ0) is 15.3. The Bertz CT molecular complexity index is 655. The van der Waals surface area contributed by atoms with Crippen molar-refractivity contribution in [2.24, 2.45) is 0 Å². The highest BCUT2D eigenvalue weighted by Gasteiger charge is 2.41. The summed E-state index contributed by atoms with van der Waals surface area (Å²) in [5.41, 5.74) is -0.155. The molecule has 20 heavy (non-hydrogen) atoms. The molecule has 1 aromatic heterocycles. The molecule has 110 valence electrons. The number of rotatable bonds is 1. The van der Waals surface area contributed by atoms with Gasteiger partial charge in [-0.1, -0.05) is 17.7 Å². The van der Waals surface area contributed by atoms with Crippen LogP contribution in [-0.2, 0) is 12.7 Å². The highest BCUT2D eigenvalue weighted by atomic mass is 35.5. The second-order valence-electron chi connectivity index (χ2n) is 4.20. The molecule has 1 heterocycles. The van der Waals surface area contributed by atoms with Crippen molar-refractivity contribution < 1.29 is 26.3 Å². The number of alkyl halides is 6. The second-order valence-corrected chi connectivity index (χ2v) is 4.58. The maximum Gasteiger partial charge on any atom is 0.449 e. The number of aryl methyl sites for hydroxylation is 1. The molecule has 0 saturated carbocycles. The molecule has 0 saturated heterocycles. The van der Waals surface area contributed by atoms with Crippen molar-refractivity contribution in [1.29, 1.82) is 0 Å². The Morgan fingerprint density at radius 2 is 1.75 bits per heavy atom. The zero-order valence-electron chi connectivity index (χ0n) is 9.90. The number of hydrogen-bond acceptors (Lipinski definition) is 1. The van der Waals surface area contributed by atoms with Crippen LogP contribution in [0.1, 0.15) is 11.4 Å². The summed E-state index contributed by atoms with van der Waals surface area (Å²) < 4.78 is 75.8. The van der Waals surface area contributed by atoms with Gasteiger partial charge in [-0.15, -0.1) is 0 Å². The molecule has 0 unspecified atom stereocenters. The largest absolute Gasteiger partial charge is 0.449 e. The van der Waals surface area contributed by atoms with Gasteiger partial charge in [0.15, 0.2) is 0 Å². The fourth-order valence-corrected chi connectivity index (χ4v) is 2.02. The summed E-state index contributed by atoms with van der Waals surface area (Å²) in [6.07, 6.45) is -9.80. The van der Waals surface area contributed by atoms with Crippen molar-refractivity contribution in [3.8, 4) is 0 Å². The zero-order valence-corrected chi connectivity index (χ0v) is 10.7. The van der Waals surface area contributed by atoms with Gasteiger partial charge in [0.2, 0.25) is 5.82 Å². The summed E-state index contributed by atoms with van der Waals surface area (Å²) in [7, 11) is 0. The van der Waals surface area contributed by atoms with Crippen LogP contribution >= 0.6 is 11.6 Å². The molecule has 9 heteroatoms. The minimum absolute atomic E-state index is 0.0840. The summed E-state index contributed by atoms with van der Waals surface area (Å²) in [4.78, 5) is 3.23. The van der Waals surface area contributed by atoms with Crippen LogP contribution in [0.3, 0.4) is 0 Å². The molecule has 2 aromatic rings. The lowest BCUT2D eigenvalue weighted by molar-refractivity contribution is -0.160. The van der Waals surface area contributed by atoms with E-state index in [0.29, 0.717) is 5.56 Å². The van der Waals surface area contributed by atoms with E-state index in [2.05, 4.69) is 4.98 Å². The van der Waals surface area contributed by atoms with E-state index >= 15 is 0 Å². The summed E-state index contributed by atoms with van der Waals surface area (Å²) in [6, 6.07) is 2.49. The quantitative estimate of drug-likeness (QED) is 0.704. The highest BCUT2D eigenvalue weighted by Crippen LogP contribution is 2.36. The minimum Gasteiger partial charge on any atom is -0.311 e. The minimum atomic E-state index is -5.00. The van der Waals surface area contributed by atoms with Crippen molar-refractivity contribution in [2.75, 3.05) is 0 Å². The molecule has 0 aliphatic heterocycles. The summed E-state index contributed by atoms with van der Waals surface area (Å²) >= 11 is 5.81. The first-order valence-corrected chi connectivity index (χ1v) is 5.68. The Labute approximate surface area is 114 Å². The Balaban J connectivity index is 2.77. The number of benzene rings is 1. The normalized spacial score (nSPS) is 13.2. The van der Waals surface area contributed by atoms with Crippen LogP contribution < -0.4 is 0 Å². The Morgan fingerprint density at radius 3 is 2.25 bits per heavy atom. The van der Waals surface area contributed by atoms with Crippen LogP contribution in [0.25, 0.3) is 11.0 Å². The maximum absolute atomic E-state index is 12.8. The molecule has 2 rings (SSSR count). The molecule has 0 aliphatic rings. The van der Waals surface area contributed by atoms with E-state index in [4.69, 9.17) is 11.6 Å². The van der Waals surface area contributed by atoms with Gasteiger partial charge in [0.1, 0.15) is 12.1 Å². The number of fused-ring (bicyclic) bond motifs is 1. The van der Waals surface area contributed by atoms with Crippen molar-refractivity contribution in [1.82, 2.24) is 9.55 Å². The van der Waals surface area contributed by atoms with E-state index in [1.807, 2.05) is 0 Å². The first kappa shape index (κ1) is 15.0. The number of imidazole rings is 1. The third-order valence-corrected chi connectivity index (χ3v) is 3.12. The first-order valence-electron chi connectivity index (χ1n) is 5.30. The SMILES string of the molecule is Cc1ccc2c(nc(C(F)(F)F)n2CC(F)(F)F)c1Cl. The molecule has 0 bridgehead atoms. The summed E-state index contributed by atoms with van der Waals surface area (Å²) in [6.45, 7) is -0.254. The average molecular weight is 317 g/mol. The van der Waals surface area contributed by atoms with Gasteiger partial charge in [0.05, 0.1) is 10.5 Å². The lowest BCUT2D eigenvalue weighted by Crippen LogP contribution is -2.23. The standard InChI is InChI=1S/C11H7ClF6N2/c1-5-2-3-6-8(7(5)12)19-9(11(16,17)18)20(6)4-10(13,14)15/h2-3H,4H2,1H3. The predicted molar refractivity (Wildman–Crippen MR) is 60.5 cm³/mol. The van der Waals surface area contributed by atoms with Crippen molar-refractivity contribution >= 4 is 22.6 Å². The third-order valence-electron chi connectivity index (χ3n) is 2.64. The van der Waals surface area contributed by atoms with Gasteiger partial charge in [-0.25, -0.2) is 4.98 Å². The van der Waals surface area contributed by atoms with Gasteiger partial charge in [-0.2, -0.15) is 26.3 Å². The van der Waals surface area contributed by atoms with Gasteiger partial charge in [0.25, 0.3) is 0 Å². The molecular formula is C11H7ClF6N2. The molecule has 0 aliphatic carbocycles. The van der Waals surface area contributed by atoms with E-state index in [0.717, 1.165) is 6.07 Å².